The van der Waals surface area contributed by atoms with Crippen molar-refractivity contribution in [1.82, 2.24) is 5.32 Å². The van der Waals surface area contributed by atoms with Crippen LogP contribution in [0.2, 0.25) is 5.02 Å². The van der Waals surface area contributed by atoms with Crippen LogP contribution in [0.4, 0.5) is 0 Å². The fraction of sp³-hybridized carbons (Fsp3) is 0.435. The molecule has 0 aromatic heterocycles. The standard InChI is InChI=1S/C23H28ClNO2/c1-4-22(27-20-11-12-21(24)15(2)13-20)23(26)25-16(3)18-10-9-17-7-5-6-8-19(17)14-18/h9-14,16,22H,4-8H2,1-3H3,(H,25,26). The molecule has 1 N–H and O–H groups in total. The molecule has 2 aromatic carbocycles. The van der Waals surface area contributed by atoms with Gasteiger partial charge in [-0.05, 0) is 86.4 Å². The Hall–Kier alpha value is -2.00. The van der Waals surface area contributed by atoms with Crippen LogP contribution in [0.15, 0.2) is 36.4 Å². The molecule has 2 aromatic rings. The zero-order chi connectivity index (χ0) is 19.4. The lowest BCUT2D eigenvalue weighted by Gasteiger charge is -2.23. The molecule has 2 atom stereocenters. The number of carbonyl (C=O) groups is 1. The van der Waals surface area contributed by atoms with Crippen LogP contribution in [0.25, 0.3) is 0 Å². The van der Waals surface area contributed by atoms with Crippen molar-refractivity contribution in [2.24, 2.45) is 0 Å². The predicted molar refractivity (Wildman–Crippen MR) is 111 cm³/mol. The Morgan fingerprint density at radius 1 is 1.15 bits per heavy atom. The maximum Gasteiger partial charge on any atom is 0.261 e. The van der Waals surface area contributed by atoms with E-state index in [9.17, 15) is 4.79 Å². The lowest BCUT2D eigenvalue weighted by atomic mass is 9.89. The van der Waals surface area contributed by atoms with E-state index < -0.39 is 6.10 Å². The topological polar surface area (TPSA) is 38.3 Å². The summed E-state index contributed by atoms with van der Waals surface area (Å²) in [6.45, 7) is 5.91. The minimum atomic E-state index is -0.523. The molecule has 1 aliphatic rings. The lowest BCUT2D eigenvalue weighted by molar-refractivity contribution is -0.128. The van der Waals surface area contributed by atoms with Crippen LogP contribution in [0.3, 0.4) is 0 Å². The lowest BCUT2D eigenvalue weighted by Crippen LogP contribution is -2.39. The van der Waals surface area contributed by atoms with Crippen LogP contribution < -0.4 is 10.1 Å². The number of fused-ring (bicyclic) bond motifs is 1. The van der Waals surface area contributed by atoms with Crippen molar-refractivity contribution in [1.29, 1.82) is 0 Å². The van der Waals surface area contributed by atoms with Crippen molar-refractivity contribution in [2.75, 3.05) is 0 Å². The van der Waals surface area contributed by atoms with Gasteiger partial charge in [-0.25, -0.2) is 0 Å². The van der Waals surface area contributed by atoms with Crippen molar-refractivity contribution < 1.29 is 9.53 Å². The average Bonchev–Trinajstić information content (AvgIpc) is 2.68. The van der Waals surface area contributed by atoms with Gasteiger partial charge in [0.15, 0.2) is 6.10 Å². The van der Waals surface area contributed by atoms with Gasteiger partial charge in [0.2, 0.25) is 0 Å². The van der Waals surface area contributed by atoms with Crippen LogP contribution in [-0.2, 0) is 17.6 Å². The highest BCUT2D eigenvalue weighted by atomic mass is 35.5. The van der Waals surface area contributed by atoms with Crippen LogP contribution in [0, 0.1) is 6.92 Å². The summed E-state index contributed by atoms with van der Waals surface area (Å²) in [5.41, 5.74) is 4.98. The van der Waals surface area contributed by atoms with Gasteiger partial charge < -0.3 is 10.1 Å². The molecule has 27 heavy (non-hydrogen) atoms. The smallest absolute Gasteiger partial charge is 0.261 e. The van der Waals surface area contributed by atoms with E-state index in [4.69, 9.17) is 16.3 Å². The maximum atomic E-state index is 12.7. The SMILES string of the molecule is CCC(Oc1ccc(Cl)c(C)c1)C(=O)NC(C)c1ccc2c(c1)CCCC2. The van der Waals surface area contributed by atoms with Crippen molar-refractivity contribution >= 4 is 17.5 Å². The highest BCUT2D eigenvalue weighted by Gasteiger charge is 2.21. The highest BCUT2D eigenvalue weighted by Crippen LogP contribution is 2.25. The molecule has 0 fully saturated rings. The van der Waals surface area contributed by atoms with Crippen LogP contribution in [0.1, 0.15) is 61.4 Å². The van der Waals surface area contributed by atoms with E-state index in [1.54, 1.807) is 12.1 Å². The van der Waals surface area contributed by atoms with Crippen molar-refractivity contribution in [2.45, 2.75) is 65.0 Å². The molecule has 0 bridgehead atoms. The summed E-state index contributed by atoms with van der Waals surface area (Å²) in [7, 11) is 0. The zero-order valence-electron chi connectivity index (χ0n) is 16.3. The molecule has 2 unspecified atom stereocenters. The van der Waals surface area contributed by atoms with Gasteiger partial charge in [-0.3, -0.25) is 4.79 Å². The number of halogens is 1. The van der Waals surface area contributed by atoms with E-state index in [-0.39, 0.29) is 11.9 Å². The quantitative estimate of drug-likeness (QED) is 0.706. The molecule has 0 saturated carbocycles. The molecule has 1 amide bonds. The molecule has 0 radical (unpaired) electrons. The summed E-state index contributed by atoms with van der Waals surface area (Å²) < 4.78 is 5.92. The molecule has 144 valence electrons. The Morgan fingerprint density at radius 3 is 2.59 bits per heavy atom. The summed E-state index contributed by atoms with van der Waals surface area (Å²) in [4.78, 5) is 12.7. The number of ether oxygens (including phenoxy) is 1. The predicted octanol–water partition coefficient (Wildman–Crippen LogP) is 5.56. The monoisotopic (exact) mass is 385 g/mol. The zero-order valence-corrected chi connectivity index (χ0v) is 17.1. The van der Waals surface area contributed by atoms with Gasteiger partial charge in [-0.1, -0.05) is 36.7 Å². The normalized spacial score (nSPS) is 15.6. The van der Waals surface area contributed by atoms with Crippen LogP contribution in [-0.4, -0.2) is 12.0 Å². The molecule has 3 nitrogen and oxygen atoms in total. The Labute approximate surface area is 167 Å². The summed E-state index contributed by atoms with van der Waals surface area (Å²) in [6.07, 6.45) is 4.92. The number of aryl methyl sites for hydroxylation is 3. The summed E-state index contributed by atoms with van der Waals surface area (Å²) in [5, 5.41) is 3.81. The first-order valence-corrected chi connectivity index (χ1v) is 10.2. The number of amides is 1. The fourth-order valence-electron chi connectivity index (χ4n) is 3.59. The number of benzene rings is 2. The Morgan fingerprint density at radius 2 is 1.89 bits per heavy atom. The molecule has 0 saturated heterocycles. The first-order valence-electron chi connectivity index (χ1n) is 9.82. The number of rotatable bonds is 6. The molecule has 0 spiro atoms. The molecule has 4 heteroatoms. The molecule has 1 aliphatic carbocycles. The minimum absolute atomic E-state index is 0.0469. The second kappa shape index (κ2) is 8.79. The Bertz CT molecular complexity index is 818. The van der Waals surface area contributed by atoms with E-state index in [1.165, 1.54) is 30.4 Å². The third-order valence-electron chi connectivity index (χ3n) is 5.30. The second-order valence-electron chi connectivity index (χ2n) is 7.39. The van der Waals surface area contributed by atoms with Gasteiger partial charge >= 0.3 is 0 Å². The van der Waals surface area contributed by atoms with E-state index in [0.29, 0.717) is 17.2 Å². The molecule has 0 aliphatic heterocycles. The summed E-state index contributed by atoms with van der Waals surface area (Å²) in [5.74, 6) is 0.579. The number of hydrogen-bond donors (Lipinski definition) is 1. The van der Waals surface area contributed by atoms with Crippen molar-refractivity contribution in [3.05, 3.63) is 63.7 Å². The van der Waals surface area contributed by atoms with E-state index in [2.05, 4.69) is 23.5 Å². The number of hydrogen-bond acceptors (Lipinski definition) is 2. The van der Waals surface area contributed by atoms with Gasteiger partial charge in [0.05, 0.1) is 6.04 Å². The Kier molecular flexibility index (Phi) is 6.43. The highest BCUT2D eigenvalue weighted by molar-refractivity contribution is 6.31. The fourth-order valence-corrected chi connectivity index (χ4v) is 3.71. The van der Waals surface area contributed by atoms with Gasteiger partial charge in [0, 0.05) is 5.02 Å². The van der Waals surface area contributed by atoms with E-state index in [1.807, 2.05) is 26.8 Å². The van der Waals surface area contributed by atoms with Gasteiger partial charge in [0.1, 0.15) is 5.75 Å². The third kappa shape index (κ3) is 4.84. The van der Waals surface area contributed by atoms with Crippen molar-refractivity contribution in [3.63, 3.8) is 0 Å². The van der Waals surface area contributed by atoms with E-state index >= 15 is 0 Å². The third-order valence-corrected chi connectivity index (χ3v) is 5.73. The minimum Gasteiger partial charge on any atom is -0.481 e. The molecular weight excluding hydrogens is 358 g/mol. The van der Waals surface area contributed by atoms with E-state index in [0.717, 1.165) is 17.5 Å². The molecule has 0 heterocycles. The van der Waals surface area contributed by atoms with Crippen LogP contribution in [0.5, 0.6) is 5.75 Å². The van der Waals surface area contributed by atoms with Crippen molar-refractivity contribution in [3.8, 4) is 5.75 Å². The van der Waals surface area contributed by atoms with Gasteiger partial charge in [-0.2, -0.15) is 0 Å². The maximum absolute atomic E-state index is 12.7. The Balaban J connectivity index is 1.66. The van der Waals surface area contributed by atoms with Gasteiger partial charge in [0.25, 0.3) is 5.91 Å². The number of nitrogens with one attached hydrogen (secondary N) is 1. The van der Waals surface area contributed by atoms with Gasteiger partial charge in [-0.15, -0.1) is 0 Å². The number of carbonyl (C=O) groups excluding carboxylic acids is 1. The molecular formula is C23H28ClNO2. The summed E-state index contributed by atoms with van der Waals surface area (Å²) in [6, 6.07) is 12.0. The molecule has 3 rings (SSSR count). The van der Waals surface area contributed by atoms with Crippen LogP contribution >= 0.6 is 11.6 Å². The largest absolute Gasteiger partial charge is 0.481 e. The average molecular weight is 386 g/mol. The summed E-state index contributed by atoms with van der Waals surface area (Å²) >= 11 is 6.07. The first kappa shape index (κ1) is 19.8. The second-order valence-corrected chi connectivity index (χ2v) is 7.80. The first-order chi connectivity index (χ1) is 13.0.